The Labute approximate surface area is 137 Å². The third-order valence-corrected chi connectivity index (χ3v) is 4.14. The maximum absolute atomic E-state index is 12.5. The van der Waals surface area contributed by atoms with Gasteiger partial charge in [0.2, 0.25) is 0 Å². The molecule has 1 unspecified atom stereocenters. The van der Waals surface area contributed by atoms with Gasteiger partial charge in [0.1, 0.15) is 11.5 Å². The summed E-state index contributed by atoms with van der Waals surface area (Å²) in [7, 11) is 1.61. The zero-order valence-corrected chi connectivity index (χ0v) is 13.7. The molecule has 0 aliphatic carbocycles. The highest BCUT2D eigenvalue weighted by Crippen LogP contribution is 2.27. The van der Waals surface area contributed by atoms with Gasteiger partial charge in [0.15, 0.2) is 6.10 Å². The highest BCUT2D eigenvalue weighted by molar-refractivity contribution is 9.10. The fourth-order valence-electron chi connectivity index (χ4n) is 2.48. The largest absolute Gasteiger partial charge is 0.497 e. The van der Waals surface area contributed by atoms with Gasteiger partial charge in [-0.2, -0.15) is 0 Å². The first-order valence-corrected chi connectivity index (χ1v) is 7.84. The molecule has 114 valence electrons. The summed E-state index contributed by atoms with van der Waals surface area (Å²) in [4.78, 5) is 14.3. The average molecular weight is 362 g/mol. The molecule has 0 bridgehead atoms. The van der Waals surface area contributed by atoms with E-state index in [0.29, 0.717) is 24.5 Å². The summed E-state index contributed by atoms with van der Waals surface area (Å²) >= 11 is 3.40. The summed E-state index contributed by atoms with van der Waals surface area (Å²) in [5.74, 6) is 1.35. The Hall–Kier alpha value is -2.01. The van der Waals surface area contributed by atoms with E-state index in [1.807, 2.05) is 42.5 Å². The monoisotopic (exact) mass is 361 g/mol. The Morgan fingerprint density at radius 2 is 1.86 bits per heavy atom. The molecule has 4 nitrogen and oxygen atoms in total. The maximum Gasteiger partial charge on any atom is 0.268 e. The molecule has 0 spiro atoms. The Kier molecular flexibility index (Phi) is 4.34. The van der Waals surface area contributed by atoms with Gasteiger partial charge in [-0.3, -0.25) is 4.79 Å². The van der Waals surface area contributed by atoms with Crippen molar-refractivity contribution < 1.29 is 14.3 Å². The molecule has 1 aliphatic heterocycles. The van der Waals surface area contributed by atoms with E-state index in [4.69, 9.17) is 9.47 Å². The van der Waals surface area contributed by atoms with Crippen molar-refractivity contribution in [1.82, 2.24) is 0 Å². The van der Waals surface area contributed by atoms with Crippen LogP contribution >= 0.6 is 15.9 Å². The smallest absolute Gasteiger partial charge is 0.268 e. The SMILES string of the molecule is COc1cccc(OC2CCN(c3ccc(Br)cc3)C2=O)c1. The number of nitrogens with zero attached hydrogens (tertiary/aromatic N) is 1. The fraction of sp³-hybridized carbons (Fsp3) is 0.235. The first kappa shape index (κ1) is 14.9. The third-order valence-electron chi connectivity index (χ3n) is 3.61. The Morgan fingerprint density at radius 1 is 1.14 bits per heavy atom. The van der Waals surface area contributed by atoms with Gasteiger partial charge in [0.25, 0.3) is 5.91 Å². The molecule has 1 saturated heterocycles. The van der Waals surface area contributed by atoms with Crippen molar-refractivity contribution >= 4 is 27.5 Å². The van der Waals surface area contributed by atoms with Crippen LogP contribution in [0.1, 0.15) is 6.42 Å². The Bertz CT molecular complexity index is 672. The van der Waals surface area contributed by atoms with Gasteiger partial charge >= 0.3 is 0 Å². The standard InChI is InChI=1S/C17H16BrNO3/c1-21-14-3-2-4-15(11-14)22-16-9-10-19(17(16)20)13-7-5-12(18)6-8-13/h2-8,11,16H,9-10H2,1H3. The van der Waals surface area contributed by atoms with Crippen molar-refractivity contribution in [1.29, 1.82) is 0 Å². The van der Waals surface area contributed by atoms with Crippen LogP contribution in [0.2, 0.25) is 0 Å². The number of methoxy groups -OCH3 is 1. The minimum atomic E-state index is -0.448. The second-order valence-corrected chi connectivity index (χ2v) is 5.96. The van der Waals surface area contributed by atoms with Crippen molar-refractivity contribution in [2.75, 3.05) is 18.6 Å². The summed E-state index contributed by atoms with van der Waals surface area (Å²) in [6.45, 7) is 0.662. The number of anilines is 1. The van der Waals surface area contributed by atoms with Gasteiger partial charge in [-0.05, 0) is 36.4 Å². The molecule has 0 radical (unpaired) electrons. The number of carbonyl (C=O) groups excluding carboxylic acids is 1. The van der Waals surface area contributed by atoms with Gasteiger partial charge in [-0.25, -0.2) is 0 Å². The predicted octanol–water partition coefficient (Wildman–Crippen LogP) is 3.64. The molecule has 1 aliphatic rings. The molecule has 3 rings (SSSR count). The molecule has 5 heteroatoms. The summed E-state index contributed by atoms with van der Waals surface area (Å²) in [6.07, 6.45) is 0.224. The average Bonchev–Trinajstić information content (AvgIpc) is 2.89. The third kappa shape index (κ3) is 3.09. The van der Waals surface area contributed by atoms with Gasteiger partial charge in [-0.15, -0.1) is 0 Å². The van der Waals surface area contributed by atoms with Crippen LogP contribution in [0.5, 0.6) is 11.5 Å². The van der Waals surface area contributed by atoms with E-state index in [9.17, 15) is 4.79 Å². The lowest BCUT2D eigenvalue weighted by Crippen LogP contribution is -2.32. The molecule has 0 aromatic heterocycles. The highest BCUT2D eigenvalue weighted by atomic mass is 79.9. The highest BCUT2D eigenvalue weighted by Gasteiger charge is 2.34. The zero-order chi connectivity index (χ0) is 15.5. The van der Waals surface area contributed by atoms with Crippen LogP contribution in [0.4, 0.5) is 5.69 Å². The van der Waals surface area contributed by atoms with Crippen LogP contribution in [0.15, 0.2) is 53.0 Å². The maximum atomic E-state index is 12.5. The van der Waals surface area contributed by atoms with Crippen LogP contribution in [-0.4, -0.2) is 25.7 Å². The van der Waals surface area contributed by atoms with Crippen molar-refractivity contribution in [3.05, 3.63) is 53.0 Å². The molecule has 1 amide bonds. The molecular formula is C17H16BrNO3. The fourth-order valence-corrected chi connectivity index (χ4v) is 2.74. The zero-order valence-electron chi connectivity index (χ0n) is 12.2. The van der Waals surface area contributed by atoms with Crippen molar-refractivity contribution in [2.24, 2.45) is 0 Å². The predicted molar refractivity (Wildman–Crippen MR) is 88.5 cm³/mol. The Balaban J connectivity index is 1.72. The first-order chi connectivity index (χ1) is 10.7. The lowest BCUT2D eigenvalue weighted by molar-refractivity contribution is -0.122. The first-order valence-electron chi connectivity index (χ1n) is 7.05. The molecule has 2 aromatic carbocycles. The van der Waals surface area contributed by atoms with Crippen molar-refractivity contribution in [3.63, 3.8) is 0 Å². The minimum Gasteiger partial charge on any atom is -0.497 e. The van der Waals surface area contributed by atoms with E-state index in [0.717, 1.165) is 10.2 Å². The molecule has 0 N–H and O–H groups in total. The second kappa shape index (κ2) is 6.40. The van der Waals surface area contributed by atoms with E-state index < -0.39 is 6.10 Å². The van der Waals surface area contributed by atoms with Gasteiger partial charge in [0, 0.05) is 29.2 Å². The van der Waals surface area contributed by atoms with Gasteiger partial charge in [0.05, 0.1) is 7.11 Å². The topological polar surface area (TPSA) is 38.8 Å². The Morgan fingerprint density at radius 3 is 2.59 bits per heavy atom. The van der Waals surface area contributed by atoms with E-state index in [2.05, 4.69) is 15.9 Å². The lowest BCUT2D eigenvalue weighted by Gasteiger charge is -2.17. The van der Waals surface area contributed by atoms with Crippen molar-refractivity contribution in [3.8, 4) is 11.5 Å². The summed E-state index contributed by atoms with van der Waals surface area (Å²) < 4.78 is 12.0. The normalized spacial score (nSPS) is 17.6. The van der Waals surface area contributed by atoms with Crippen LogP contribution in [0.3, 0.4) is 0 Å². The minimum absolute atomic E-state index is 0.00913. The van der Waals surface area contributed by atoms with Gasteiger partial charge in [-0.1, -0.05) is 22.0 Å². The molecule has 2 aromatic rings. The van der Waals surface area contributed by atoms with E-state index in [1.165, 1.54) is 0 Å². The number of benzene rings is 2. The van der Waals surface area contributed by atoms with Crippen LogP contribution < -0.4 is 14.4 Å². The van der Waals surface area contributed by atoms with Gasteiger partial charge < -0.3 is 14.4 Å². The molecule has 1 heterocycles. The molecule has 22 heavy (non-hydrogen) atoms. The van der Waals surface area contributed by atoms with E-state index in [1.54, 1.807) is 18.1 Å². The number of hydrogen-bond acceptors (Lipinski definition) is 3. The summed E-state index contributed by atoms with van der Waals surface area (Å²) in [5.41, 5.74) is 0.893. The lowest BCUT2D eigenvalue weighted by atomic mass is 10.3. The van der Waals surface area contributed by atoms with E-state index >= 15 is 0 Å². The van der Waals surface area contributed by atoms with E-state index in [-0.39, 0.29) is 5.91 Å². The van der Waals surface area contributed by atoms with Crippen LogP contribution in [0, 0.1) is 0 Å². The second-order valence-electron chi connectivity index (χ2n) is 5.04. The number of halogens is 1. The number of hydrogen-bond donors (Lipinski definition) is 0. The molecule has 1 fully saturated rings. The molecular weight excluding hydrogens is 346 g/mol. The number of ether oxygens (including phenoxy) is 2. The van der Waals surface area contributed by atoms with Crippen LogP contribution in [0.25, 0.3) is 0 Å². The molecule has 1 atom stereocenters. The number of carbonyl (C=O) groups is 1. The molecule has 0 saturated carbocycles. The van der Waals surface area contributed by atoms with Crippen molar-refractivity contribution in [2.45, 2.75) is 12.5 Å². The quantitative estimate of drug-likeness (QED) is 0.834. The summed E-state index contributed by atoms with van der Waals surface area (Å²) in [5, 5.41) is 0. The van der Waals surface area contributed by atoms with Crippen LogP contribution in [-0.2, 0) is 4.79 Å². The number of amides is 1. The number of rotatable bonds is 4. The summed E-state index contributed by atoms with van der Waals surface area (Å²) in [6, 6.07) is 15.0.